The molecule has 7 atom stereocenters. The Hall–Kier alpha value is -3.46. The summed E-state index contributed by atoms with van der Waals surface area (Å²) in [6, 6.07) is 13.5. The third kappa shape index (κ3) is 5.72. The van der Waals surface area contributed by atoms with Gasteiger partial charge in [-0.05, 0) is 49.3 Å². The van der Waals surface area contributed by atoms with Crippen LogP contribution in [0.5, 0.6) is 0 Å². The van der Waals surface area contributed by atoms with Crippen molar-refractivity contribution in [3.05, 3.63) is 90.0 Å². The fourth-order valence-corrected chi connectivity index (χ4v) is 8.73. The van der Waals surface area contributed by atoms with Crippen LogP contribution in [0.3, 0.4) is 0 Å². The van der Waals surface area contributed by atoms with E-state index in [0.717, 1.165) is 11.1 Å². The zero-order valence-electron chi connectivity index (χ0n) is 28.0. The second-order valence-corrected chi connectivity index (χ2v) is 13.8. The first-order valence-corrected chi connectivity index (χ1v) is 17.2. The van der Waals surface area contributed by atoms with E-state index in [-0.39, 0.29) is 36.8 Å². The number of ether oxygens (including phenoxy) is 1. The lowest BCUT2D eigenvalue weighted by Gasteiger charge is -2.41. The predicted molar refractivity (Wildman–Crippen MR) is 185 cm³/mol. The van der Waals surface area contributed by atoms with Crippen LogP contribution in [0.25, 0.3) is 0 Å². The number of carbonyl (C=O) groups excluding carboxylic acids is 3. The number of halogens is 1. The van der Waals surface area contributed by atoms with Crippen LogP contribution < -0.4 is 4.90 Å². The average Bonchev–Trinajstić information content (AvgIpc) is 3.68. The van der Waals surface area contributed by atoms with E-state index in [4.69, 9.17) is 16.3 Å². The van der Waals surface area contributed by atoms with Gasteiger partial charge in [-0.25, -0.2) is 0 Å². The molecule has 2 aromatic rings. The normalized spacial score (nSPS) is 27.3. The van der Waals surface area contributed by atoms with Gasteiger partial charge in [-0.15, -0.1) is 13.2 Å². The first kappa shape index (κ1) is 34.9. The summed E-state index contributed by atoms with van der Waals surface area (Å²) in [5.41, 5.74) is 0.140. The fourth-order valence-electron chi connectivity index (χ4n) is 8.40. The molecule has 1 N–H and O–H groups in total. The van der Waals surface area contributed by atoms with Crippen molar-refractivity contribution in [2.24, 2.45) is 17.8 Å². The Morgan fingerprint density at radius 3 is 2.38 bits per heavy atom. The Balaban J connectivity index is 1.66. The van der Waals surface area contributed by atoms with E-state index < -0.39 is 35.1 Å². The number of likely N-dealkylation sites (tertiary alicyclic amines) is 1. The van der Waals surface area contributed by atoms with E-state index in [1.54, 1.807) is 32.9 Å². The van der Waals surface area contributed by atoms with Crippen LogP contribution >= 0.6 is 11.6 Å². The number of benzene rings is 2. The number of carbonyl (C=O) groups is 3. The smallest absolute Gasteiger partial charge is 0.253 e. The summed E-state index contributed by atoms with van der Waals surface area (Å²) in [6.07, 6.45) is 5.50. The van der Waals surface area contributed by atoms with E-state index in [9.17, 15) is 14.7 Å². The van der Waals surface area contributed by atoms with Gasteiger partial charge in [-0.2, -0.15) is 0 Å². The summed E-state index contributed by atoms with van der Waals surface area (Å²) in [7, 11) is 0. The molecule has 2 unspecified atom stereocenters. The van der Waals surface area contributed by atoms with E-state index in [2.05, 4.69) is 13.2 Å². The third-order valence-electron chi connectivity index (χ3n) is 10.9. The number of aliphatic hydroxyl groups excluding tert-OH is 1. The van der Waals surface area contributed by atoms with Gasteiger partial charge in [0.25, 0.3) is 5.91 Å². The van der Waals surface area contributed by atoms with Gasteiger partial charge in [0.1, 0.15) is 11.6 Å². The lowest BCUT2D eigenvalue weighted by Crippen LogP contribution is -2.60. The van der Waals surface area contributed by atoms with E-state index in [1.165, 1.54) is 0 Å². The molecule has 3 heterocycles. The largest absolute Gasteiger partial charge is 0.394 e. The molecule has 8 nitrogen and oxygen atoms in total. The van der Waals surface area contributed by atoms with Gasteiger partial charge in [0.05, 0.1) is 40.8 Å². The number of fused-ring (bicyclic) bond motifs is 1. The van der Waals surface area contributed by atoms with Gasteiger partial charge < -0.3 is 24.5 Å². The Kier molecular flexibility index (Phi) is 10.3. The summed E-state index contributed by atoms with van der Waals surface area (Å²) in [5.74, 6) is -2.67. The molecule has 0 aromatic heterocycles. The number of hydrogen-bond acceptors (Lipinski definition) is 5. The number of anilines is 1. The average molecular weight is 662 g/mol. The van der Waals surface area contributed by atoms with Crippen LogP contribution in [0.4, 0.5) is 5.69 Å². The molecule has 2 bridgehead atoms. The van der Waals surface area contributed by atoms with E-state index >= 15 is 4.79 Å². The molecular weight excluding hydrogens is 614 g/mol. The number of para-hydroxylation sites is 1. The van der Waals surface area contributed by atoms with Crippen molar-refractivity contribution in [3.63, 3.8) is 0 Å². The molecule has 0 radical (unpaired) electrons. The molecule has 0 saturated carbocycles. The first-order chi connectivity index (χ1) is 22.5. The van der Waals surface area contributed by atoms with Crippen molar-refractivity contribution < 1.29 is 24.2 Å². The number of rotatable bonds is 14. The van der Waals surface area contributed by atoms with Gasteiger partial charge in [0.15, 0.2) is 0 Å². The summed E-state index contributed by atoms with van der Waals surface area (Å²) < 4.78 is 7.08. The van der Waals surface area contributed by atoms with Crippen molar-refractivity contribution in [2.75, 3.05) is 24.6 Å². The summed E-state index contributed by atoms with van der Waals surface area (Å²) in [6.45, 7) is 16.2. The van der Waals surface area contributed by atoms with Crippen molar-refractivity contribution in [1.29, 1.82) is 0 Å². The molecule has 5 rings (SSSR count). The molecule has 3 amide bonds. The molecule has 0 aliphatic carbocycles. The highest BCUT2D eigenvalue weighted by Crippen LogP contribution is 2.65. The molecule has 47 heavy (non-hydrogen) atoms. The fraction of sp³-hybridized carbons (Fsp3) is 0.500. The minimum atomic E-state index is -1.26. The zero-order chi connectivity index (χ0) is 34.1. The van der Waals surface area contributed by atoms with Crippen molar-refractivity contribution in [1.82, 2.24) is 9.80 Å². The Bertz CT molecular complexity index is 1500. The standard InChI is InChI=1S/C38H48ClN3O5/c1-7-21-40(23-27-16-12-11-13-17-27)34(44)30-31-35(45)42(29(24-43)25(5)9-3)33(38(31)20-19-37(30,10-4)47-38)36(46)41(22-8-2)32-26(6)15-14-18-28(32)39/h7-8,11-18,25,29-31,33,43H,1-2,9-10,19-24H2,3-6H3/t25-,29-,30+,31-,33?,37-,38?/m0/s1. The van der Waals surface area contributed by atoms with Crippen LogP contribution in [-0.4, -0.2) is 75.6 Å². The quantitative estimate of drug-likeness (QED) is 0.253. The maximum atomic E-state index is 15.2. The Labute approximate surface area is 284 Å². The maximum absolute atomic E-state index is 15.2. The van der Waals surface area contributed by atoms with Gasteiger partial charge >= 0.3 is 0 Å². The monoisotopic (exact) mass is 661 g/mol. The highest BCUT2D eigenvalue weighted by atomic mass is 35.5. The lowest BCUT2D eigenvalue weighted by atomic mass is 9.64. The van der Waals surface area contributed by atoms with Crippen molar-refractivity contribution >= 4 is 35.0 Å². The Morgan fingerprint density at radius 1 is 1.09 bits per heavy atom. The SMILES string of the molecule is C=CCN(Cc1ccccc1)C(=O)[C@H]1[C@H]2C(=O)N([C@@H](CO)[C@@H](C)CC)C(C(=O)N(CC=C)c3c(C)cccc3Cl)C23CC[C@]1(CC)O3. The topological polar surface area (TPSA) is 90.4 Å². The highest BCUT2D eigenvalue weighted by molar-refractivity contribution is 6.34. The highest BCUT2D eigenvalue weighted by Gasteiger charge is 2.79. The van der Waals surface area contributed by atoms with Gasteiger partial charge in [0, 0.05) is 19.6 Å². The van der Waals surface area contributed by atoms with Crippen molar-refractivity contribution in [2.45, 2.75) is 83.2 Å². The zero-order valence-corrected chi connectivity index (χ0v) is 28.8. The molecular formula is C38H48ClN3O5. The second kappa shape index (κ2) is 14.0. The predicted octanol–water partition coefficient (Wildman–Crippen LogP) is 5.94. The van der Waals surface area contributed by atoms with Crippen LogP contribution in [0.2, 0.25) is 5.02 Å². The van der Waals surface area contributed by atoms with Crippen LogP contribution in [-0.2, 0) is 25.7 Å². The first-order valence-electron chi connectivity index (χ1n) is 16.8. The van der Waals surface area contributed by atoms with Crippen LogP contribution in [0.1, 0.15) is 57.6 Å². The maximum Gasteiger partial charge on any atom is 0.253 e. The van der Waals surface area contributed by atoms with Crippen LogP contribution in [0.15, 0.2) is 73.8 Å². The molecule has 3 saturated heterocycles. The molecule has 1 spiro atoms. The van der Waals surface area contributed by atoms with Crippen LogP contribution in [0, 0.1) is 24.7 Å². The third-order valence-corrected chi connectivity index (χ3v) is 11.2. The molecule has 3 fully saturated rings. The van der Waals surface area contributed by atoms with Gasteiger partial charge in [0.2, 0.25) is 11.8 Å². The van der Waals surface area contributed by atoms with E-state index in [1.807, 2.05) is 70.2 Å². The number of amides is 3. The summed E-state index contributed by atoms with van der Waals surface area (Å²) in [5, 5.41) is 11.2. The van der Waals surface area contributed by atoms with Gasteiger partial charge in [-0.1, -0.05) is 93.4 Å². The minimum Gasteiger partial charge on any atom is -0.394 e. The number of nitrogens with zero attached hydrogens (tertiary/aromatic N) is 3. The molecule has 252 valence electrons. The number of aliphatic hydroxyl groups is 1. The second-order valence-electron chi connectivity index (χ2n) is 13.4. The van der Waals surface area contributed by atoms with Crippen molar-refractivity contribution in [3.8, 4) is 0 Å². The summed E-state index contributed by atoms with van der Waals surface area (Å²) >= 11 is 6.73. The molecule has 2 aromatic carbocycles. The molecule has 3 aliphatic heterocycles. The molecule has 3 aliphatic rings. The number of aryl methyl sites for hydroxylation is 1. The lowest BCUT2D eigenvalue weighted by molar-refractivity contribution is -0.154. The van der Waals surface area contributed by atoms with E-state index in [0.29, 0.717) is 49.5 Å². The summed E-state index contributed by atoms with van der Waals surface area (Å²) in [4.78, 5) is 49.8. The van der Waals surface area contributed by atoms with Gasteiger partial charge in [-0.3, -0.25) is 14.4 Å². The number of hydrogen-bond donors (Lipinski definition) is 1. The Morgan fingerprint density at radius 2 is 1.79 bits per heavy atom. The minimum absolute atomic E-state index is 0.119. The molecule has 9 heteroatoms.